The van der Waals surface area contributed by atoms with Crippen LogP contribution in [0.25, 0.3) is 21.5 Å². The number of hydrogen-bond acceptors (Lipinski definition) is 9. The first kappa shape index (κ1) is 19.0. The summed E-state index contributed by atoms with van der Waals surface area (Å²) in [7, 11) is 0. The van der Waals surface area contributed by atoms with Crippen molar-refractivity contribution in [1.82, 2.24) is 30.5 Å². The molecule has 30 heavy (non-hydrogen) atoms. The second-order valence-electron chi connectivity index (χ2n) is 7.38. The Labute approximate surface area is 176 Å². The van der Waals surface area contributed by atoms with Crippen molar-refractivity contribution in [3.05, 3.63) is 53.1 Å². The molecule has 1 aromatic carbocycles. The number of fused-ring (bicyclic) bond motifs is 1. The highest BCUT2D eigenvalue weighted by Crippen LogP contribution is 2.27. The Kier molecular flexibility index (Phi) is 5.06. The molecule has 4 aromatic rings. The number of oxazole rings is 1. The van der Waals surface area contributed by atoms with Crippen LogP contribution in [0.15, 0.2) is 35.1 Å². The fourth-order valence-corrected chi connectivity index (χ4v) is 4.29. The predicted molar refractivity (Wildman–Crippen MR) is 113 cm³/mol. The van der Waals surface area contributed by atoms with Gasteiger partial charge in [-0.3, -0.25) is 4.79 Å². The topological polar surface area (TPSA) is 107 Å². The van der Waals surface area contributed by atoms with Crippen molar-refractivity contribution >= 4 is 28.0 Å². The van der Waals surface area contributed by atoms with Crippen LogP contribution in [0.4, 0.5) is 0 Å². The molecule has 1 saturated heterocycles. The van der Waals surface area contributed by atoms with Crippen LogP contribution in [0.1, 0.15) is 46.0 Å². The Morgan fingerprint density at radius 3 is 2.90 bits per heavy atom. The monoisotopic (exact) mass is 420 g/mol. The molecule has 8 nitrogen and oxygen atoms in total. The second-order valence-corrected chi connectivity index (χ2v) is 8.56. The smallest absolute Gasteiger partial charge is 0.197 e. The van der Waals surface area contributed by atoms with Gasteiger partial charge in [0.05, 0.1) is 11.9 Å². The van der Waals surface area contributed by atoms with E-state index in [0.29, 0.717) is 17.4 Å². The van der Waals surface area contributed by atoms with Crippen LogP contribution in [-0.4, -0.2) is 44.0 Å². The molecule has 1 N–H and O–H groups in total. The lowest BCUT2D eigenvalue weighted by molar-refractivity contribution is 0.0986. The lowest BCUT2D eigenvalue weighted by Gasteiger charge is -2.19. The minimum absolute atomic E-state index is 0.0796. The molecular formula is C21H20N6O2S. The van der Waals surface area contributed by atoms with Crippen molar-refractivity contribution in [2.45, 2.75) is 32.1 Å². The Morgan fingerprint density at radius 1 is 1.23 bits per heavy atom. The number of aromatic nitrogens is 5. The van der Waals surface area contributed by atoms with E-state index in [1.165, 1.54) is 17.6 Å². The van der Waals surface area contributed by atoms with E-state index in [1.807, 2.05) is 25.1 Å². The van der Waals surface area contributed by atoms with Gasteiger partial charge < -0.3 is 9.73 Å². The fraction of sp³-hybridized carbons (Fsp3) is 0.333. The zero-order valence-electron chi connectivity index (χ0n) is 16.5. The molecule has 3 aromatic heterocycles. The number of carbonyl (C=O) groups excluding carboxylic acids is 1. The minimum Gasteiger partial charge on any atom is -0.448 e. The Morgan fingerprint density at radius 2 is 2.10 bits per heavy atom. The van der Waals surface area contributed by atoms with Crippen LogP contribution in [0.3, 0.4) is 0 Å². The fourth-order valence-electron chi connectivity index (χ4n) is 3.60. The van der Waals surface area contributed by atoms with Gasteiger partial charge in [-0.25, -0.2) is 15.0 Å². The molecule has 0 spiro atoms. The number of ketones is 1. The molecule has 5 rings (SSSR count). The minimum atomic E-state index is -0.144. The molecule has 0 atom stereocenters. The average molecular weight is 420 g/mol. The summed E-state index contributed by atoms with van der Waals surface area (Å²) in [5, 5.41) is 14.2. The van der Waals surface area contributed by atoms with E-state index in [0.717, 1.165) is 52.4 Å². The molecule has 0 aliphatic carbocycles. The van der Waals surface area contributed by atoms with Gasteiger partial charge in [-0.15, -0.1) is 10.2 Å². The summed E-state index contributed by atoms with van der Waals surface area (Å²) in [6.45, 7) is 3.81. The van der Waals surface area contributed by atoms with Crippen LogP contribution in [0.5, 0.6) is 0 Å². The molecule has 0 bridgehead atoms. The van der Waals surface area contributed by atoms with Gasteiger partial charge in [0.1, 0.15) is 27.8 Å². The average Bonchev–Trinajstić information content (AvgIpc) is 3.43. The molecular weight excluding hydrogens is 400 g/mol. The van der Waals surface area contributed by atoms with Gasteiger partial charge >= 0.3 is 0 Å². The molecule has 0 unspecified atom stereocenters. The maximum atomic E-state index is 12.7. The third-order valence-corrected chi connectivity index (χ3v) is 6.11. The van der Waals surface area contributed by atoms with E-state index in [1.54, 1.807) is 6.20 Å². The van der Waals surface area contributed by atoms with E-state index in [9.17, 15) is 4.79 Å². The molecule has 1 aliphatic heterocycles. The summed E-state index contributed by atoms with van der Waals surface area (Å²) in [6.07, 6.45) is 5.22. The highest BCUT2D eigenvalue weighted by Gasteiger charge is 2.22. The summed E-state index contributed by atoms with van der Waals surface area (Å²) in [5.41, 5.74) is 2.06. The van der Waals surface area contributed by atoms with Gasteiger partial charge in [-0.2, -0.15) is 0 Å². The Balaban J connectivity index is 1.35. The number of rotatable bonds is 5. The predicted octanol–water partition coefficient (Wildman–Crippen LogP) is 3.34. The lowest BCUT2D eigenvalue weighted by Crippen LogP contribution is -2.26. The van der Waals surface area contributed by atoms with Gasteiger partial charge in [-0.1, -0.05) is 23.5 Å². The second kappa shape index (κ2) is 8.00. The van der Waals surface area contributed by atoms with Gasteiger partial charge in [0.25, 0.3) is 0 Å². The molecule has 4 heterocycles. The highest BCUT2D eigenvalue weighted by molar-refractivity contribution is 7.14. The number of Topliss-reactive ketones (excluding diaryl/α,β-unsaturated/α-hetero) is 1. The van der Waals surface area contributed by atoms with Crippen molar-refractivity contribution in [1.29, 1.82) is 0 Å². The SMILES string of the molecule is Cc1nnc(-c2ccc3cnc(CC(=O)c4coc(C5CCNCC5)n4)nc3c2)s1. The van der Waals surface area contributed by atoms with Crippen LogP contribution >= 0.6 is 11.3 Å². The number of carbonyl (C=O) groups is 1. The zero-order chi connectivity index (χ0) is 20.5. The molecule has 0 saturated carbocycles. The first-order chi connectivity index (χ1) is 14.7. The van der Waals surface area contributed by atoms with Crippen molar-refractivity contribution in [3.8, 4) is 10.6 Å². The van der Waals surface area contributed by atoms with Gasteiger partial charge in [-0.05, 0) is 38.9 Å². The molecule has 1 aliphatic rings. The number of nitrogens with one attached hydrogen (secondary N) is 1. The third-order valence-electron chi connectivity index (χ3n) is 5.22. The first-order valence-electron chi connectivity index (χ1n) is 9.91. The summed E-state index contributed by atoms with van der Waals surface area (Å²) in [4.78, 5) is 26.1. The van der Waals surface area contributed by atoms with Crippen molar-refractivity contribution in [2.75, 3.05) is 13.1 Å². The number of nitrogens with zero attached hydrogens (tertiary/aromatic N) is 5. The standard InChI is InChI=1S/C21H20N6O2S/c1-12-26-27-21(30-12)14-2-3-15-10-23-19(24-16(15)8-14)9-18(28)17-11-29-20(25-17)13-4-6-22-7-5-13/h2-3,8,10-11,13,22H,4-7,9H2,1H3. The molecule has 0 radical (unpaired) electrons. The summed E-state index contributed by atoms with van der Waals surface area (Å²) >= 11 is 1.53. The lowest BCUT2D eigenvalue weighted by atomic mass is 9.98. The number of hydrogen-bond donors (Lipinski definition) is 1. The van der Waals surface area contributed by atoms with Crippen LogP contribution in [0.2, 0.25) is 0 Å². The van der Waals surface area contributed by atoms with Crippen molar-refractivity contribution in [3.63, 3.8) is 0 Å². The van der Waals surface area contributed by atoms with E-state index >= 15 is 0 Å². The Hall–Kier alpha value is -3.04. The maximum absolute atomic E-state index is 12.7. The molecule has 1 fully saturated rings. The Bertz CT molecular complexity index is 1210. The largest absolute Gasteiger partial charge is 0.448 e. The third kappa shape index (κ3) is 3.86. The van der Waals surface area contributed by atoms with Crippen LogP contribution in [0, 0.1) is 6.92 Å². The van der Waals surface area contributed by atoms with E-state index in [2.05, 4.69) is 30.5 Å². The zero-order valence-corrected chi connectivity index (χ0v) is 17.3. The van der Waals surface area contributed by atoms with Crippen LogP contribution in [-0.2, 0) is 6.42 Å². The highest BCUT2D eigenvalue weighted by atomic mass is 32.1. The van der Waals surface area contributed by atoms with Crippen LogP contribution < -0.4 is 5.32 Å². The number of aryl methyl sites for hydroxylation is 1. The van der Waals surface area contributed by atoms with Gasteiger partial charge in [0.2, 0.25) is 0 Å². The quantitative estimate of drug-likeness (QED) is 0.490. The molecule has 9 heteroatoms. The summed E-state index contributed by atoms with van der Waals surface area (Å²) in [6, 6.07) is 5.89. The number of benzene rings is 1. The van der Waals surface area contributed by atoms with Crippen molar-refractivity contribution in [2.24, 2.45) is 0 Å². The van der Waals surface area contributed by atoms with E-state index < -0.39 is 0 Å². The van der Waals surface area contributed by atoms with Gasteiger partial charge in [0.15, 0.2) is 11.7 Å². The van der Waals surface area contributed by atoms with E-state index in [-0.39, 0.29) is 18.1 Å². The molecule has 0 amide bonds. The summed E-state index contributed by atoms with van der Waals surface area (Å²) in [5.74, 6) is 1.24. The molecule has 152 valence electrons. The van der Waals surface area contributed by atoms with Crippen molar-refractivity contribution < 1.29 is 9.21 Å². The van der Waals surface area contributed by atoms with E-state index in [4.69, 9.17) is 4.42 Å². The normalized spacial score (nSPS) is 15.0. The summed E-state index contributed by atoms with van der Waals surface area (Å²) < 4.78 is 5.59. The first-order valence-corrected chi connectivity index (χ1v) is 10.7. The number of piperidine rings is 1. The maximum Gasteiger partial charge on any atom is 0.197 e. The van der Waals surface area contributed by atoms with Gasteiger partial charge in [0, 0.05) is 23.1 Å².